The molecule has 1 aromatic heterocycles. The van der Waals surface area contributed by atoms with Gasteiger partial charge < -0.3 is 9.47 Å². The molecule has 6 rings (SSSR count). The Labute approximate surface area is 254 Å². The summed E-state index contributed by atoms with van der Waals surface area (Å²) in [7, 11) is -2.26. The number of rotatable bonds is 8. The normalized spacial score (nSPS) is 22.5. The number of carbonyl (C=O) groups is 1. The Morgan fingerprint density at radius 3 is 2.58 bits per heavy atom. The summed E-state index contributed by atoms with van der Waals surface area (Å²) in [6, 6.07) is 19.1. The average Bonchev–Trinajstić information content (AvgIpc) is 3.49. The van der Waals surface area contributed by atoms with E-state index in [1.54, 1.807) is 27.9 Å². The highest BCUT2D eigenvalue weighted by molar-refractivity contribution is 7.89. The summed E-state index contributed by atoms with van der Waals surface area (Å²) in [5.41, 5.74) is 1.36. The minimum absolute atomic E-state index is 0.0387. The van der Waals surface area contributed by atoms with E-state index >= 15 is 8.78 Å². The van der Waals surface area contributed by atoms with Crippen LogP contribution in [0.1, 0.15) is 54.2 Å². The number of amides is 1. The van der Waals surface area contributed by atoms with E-state index in [0.29, 0.717) is 11.5 Å². The Kier molecular flexibility index (Phi) is 7.64. The molecule has 0 aliphatic heterocycles. The van der Waals surface area contributed by atoms with Crippen molar-refractivity contribution >= 4 is 33.2 Å². The third-order valence-corrected chi connectivity index (χ3v) is 10.3. The molecule has 0 radical (unpaired) electrons. The molecule has 0 bridgehead atoms. The van der Waals surface area contributed by atoms with Gasteiger partial charge in [-0.1, -0.05) is 61.0 Å². The van der Waals surface area contributed by atoms with Crippen molar-refractivity contribution in [2.24, 2.45) is 18.9 Å². The molecule has 1 fully saturated rings. The van der Waals surface area contributed by atoms with Crippen molar-refractivity contribution in [2.75, 3.05) is 4.90 Å². The molecule has 4 aromatic rings. The molecule has 1 N–H and O–H groups in total. The van der Waals surface area contributed by atoms with Crippen molar-refractivity contribution in [3.63, 3.8) is 0 Å². The second-order valence-electron chi connectivity index (χ2n) is 11.3. The first-order chi connectivity index (χ1) is 20.5. The summed E-state index contributed by atoms with van der Waals surface area (Å²) in [5.74, 6) is -2.82. The van der Waals surface area contributed by atoms with Crippen LogP contribution in [0, 0.1) is 11.8 Å². The van der Waals surface area contributed by atoms with Crippen molar-refractivity contribution in [3.8, 4) is 0 Å². The Morgan fingerprint density at radius 2 is 1.88 bits per heavy atom. The topological polar surface area (TPSA) is 84.3 Å². The fourth-order valence-corrected chi connectivity index (χ4v) is 7.71. The number of hydrogen-bond acceptors (Lipinski definition) is 4. The molecule has 2 aliphatic rings. The number of nitrogens with one attached hydrogen (secondary N) is 1. The highest BCUT2D eigenvalue weighted by atomic mass is 35.5. The predicted molar refractivity (Wildman–Crippen MR) is 160 cm³/mol. The van der Waals surface area contributed by atoms with Crippen LogP contribution in [-0.2, 0) is 34.3 Å². The molecule has 7 nitrogen and oxygen atoms in total. The molecular weight excluding hydrogens is 594 g/mol. The Balaban J connectivity index is 1.38. The van der Waals surface area contributed by atoms with Crippen molar-refractivity contribution in [1.29, 1.82) is 0 Å². The van der Waals surface area contributed by atoms with Gasteiger partial charge in [-0.3, -0.25) is 4.79 Å². The average molecular weight is 625 g/mol. The maximum absolute atomic E-state index is 15.2. The van der Waals surface area contributed by atoms with Crippen molar-refractivity contribution in [3.05, 3.63) is 113 Å². The number of carbonyl (C=O) groups excluding carboxylic acids is 1. The van der Waals surface area contributed by atoms with Crippen LogP contribution in [0.15, 0.2) is 90.1 Å². The van der Waals surface area contributed by atoms with Crippen LogP contribution in [0.5, 0.6) is 0 Å². The Hall–Kier alpha value is -3.60. The lowest BCUT2D eigenvalue weighted by Gasteiger charge is -2.33. The number of anilines is 1. The van der Waals surface area contributed by atoms with Crippen LogP contribution < -0.4 is 9.62 Å². The van der Waals surface area contributed by atoms with Crippen LogP contribution in [0.4, 0.5) is 14.5 Å². The van der Waals surface area contributed by atoms with Gasteiger partial charge in [-0.2, -0.15) is 0 Å². The minimum atomic E-state index is -4.08. The summed E-state index contributed by atoms with van der Waals surface area (Å²) < 4.78 is 61.3. The first kappa shape index (κ1) is 29.5. The number of aryl methyl sites for hydroxylation is 1. The second kappa shape index (κ2) is 11.2. The van der Waals surface area contributed by atoms with Crippen molar-refractivity contribution < 1.29 is 22.0 Å². The van der Waals surface area contributed by atoms with Gasteiger partial charge in [-0.05, 0) is 59.7 Å². The number of hydrogen-bond donors (Lipinski definition) is 1. The first-order valence-corrected chi connectivity index (χ1v) is 15.9. The summed E-state index contributed by atoms with van der Waals surface area (Å²) in [5, 5.41) is 0.243. The fraction of sp³-hybridized carbons (Fsp3) is 0.312. The molecule has 224 valence electrons. The smallest absolute Gasteiger partial charge is 0.273 e. The highest BCUT2D eigenvalue weighted by Gasteiger charge is 2.54. The van der Waals surface area contributed by atoms with Crippen LogP contribution >= 0.6 is 11.6 Å². The summed E-state index contributed by atoms with van der Waals surface area (Å²) in [6.07, 6.45) is 2.78. The molecule has 4 unspecified atom stereocenters. The molecule has 2 aliphatic carbocycles. The molecule has 1 amide bonds. The van der Waals surface area contributed by atoms with Gasteiger partial charge >= 0.3 is 0 Å². The molecule has 4 atom stereocenters. The fourth-order valence-electron chi connectivity index (χ4n) is 6.16. The van der Waals surface area contributed by atoms with E-state index in [9.17, 15) is 13.2 Å². The summed E-state index contributed by atoms with van der Waals surface area (Å²) >= 11 is 6.02. The zero-order chi connectivity index (χ0) is 30.5. The van der Waals surface area contributed by atoms with E-state index in [1.165, 1.54) is 36.4 Å². The minimum Gasteiger partial charge on any atom is -0.337 e. The SMILES string of the molecule is CC1C(C(=O)N(Cc2nccn2C)c2ccc3c(c2)C(NS(=O)(=O)c2cccc(Cl)c2)CCC3(F)F)C1c1ccccc1. The van der Waals surface area contributed by atoms with E-state index in [1.807, 2.05) is 44.3 Å². The van der Waals surface area contributed by atoms with E-state index < -0.39 is 28.4 Å². The van der Waals surface area contributed by atoms with Crippen molar-refractivity contribution in [1.82, 2.24) is 14.3 Å². The van der Waals surface area contributed by atoms with Crippen LogP contribution in [0.25, 0.3) is 0 Å². The number of sulfonamides is 1. The summed E-state index contributed by atoms with van der Waals surface area (Å²) in [6.45, 7) is 2.16. The van der Waals surface area contributed by atoms with Crippen molar-refractivity contribution in [2.45, 2.75) is 49.1 Å². The van der Waals surface area contributed by atoms with Gasteiger partial charge in [0.05, 0.1) is 11.4 Å². The number of imidazole rings is 1. The van der Waals surface area contributed by atoms with Gasteiger partial charge in [0, 0.05) is 54.1 Å². The maximum atomic E-state index is 15.2. The van der Waals surface area contributed by atoms with E-state index in [2.05, 4.69) is 9.71 Å². The molecule has 1 heterocycles. The number of fused-ring (bicyclic) bond motifs is 1. The van der Waals surface area contributed by atoms with Gasteiger partial charge in [0.15, 0.2) is 0 Å². The van der Waals surface area contributed by atoms with Crippen LogP contribution in [0.2, 0.25) is 5.02 Å². The van der Waals surface area contributed by atoms with E-state index in [-0.39, 0.29) is 57.7 Å². The van der Waals surface area contributed by atoms with Crippen LogP contribution in [0.3, 0.4) is 0 Å². The Morgan fingerprint density at radius 1 is 1.12 bits per heavy atom. The zero-order valence-electron chi connectivity index (χ0n) is 23.6. The third kappa shape index (κ3) is 5.71. The quantitative estimate of drug-likeness (QED) is 0.241. The predicted octanol–water partition coefficient (Wildman–Crippen LogP) is 6.56. The van der Waals surface area contributed by atoms with E-state index in [4.69, 9.17) is 11.6 Å². The Bertz CT molecular complexity index is 1780. The first-order valence-electron chi connectivity index (χ1n) is 14.1. The molecule has 1 saturated carbocycles. The molecular formula is C32H31ClF2N4O3S. The molecule has 0 spiro atoms. The van der Waals surface area contributed by atoms with Gasteiger partial charge in [0.25, 0.3) is 5.92 Å². The lowest BCUT2D eigenvalue weighted by molar-refractivity contribution is -0.120. The lowest BCUT2D eigenvalue weighted by atomic mass is 9.85. The largest absolute Gasteiger partial charge is 0.337 e. The summed E-state index contributed by atoms with van der Waals surface area (Å²) in [4.78, 5) is 20.1. The van der Waals surface area contributed by atoms with Gasteiger partial charge in [0.2, 0.25) is 15.9 Å². The highest BCUT2D eigenvalue weighted by Crippen LogP contribution is 2.55. The number of nitrogens with zero attached hydrogens (tertiary/aromatic N) is 3. The maximum Gasteiger partial charge on any atom is 0.273 e. The number of aromatic nitrogens is 2. The van der Waals surface area contributed by atoms with Gasteiger partial charge in [-0.25, -0.2) is 26.9 Å². The second-order valence-corrected chi connectivity index (χ2v) is 13.5. The zero-order valence-corrected chi connectivity index (χ0v) is 25.2. The molecule has 0 saturated heterocycles. The third-order valence-electron chi connectivity index (χ3n) is 8.60. The van der Waals surface area contributed by atoms with Gasteiger partial charge in [0.1, 0.15) is 5.82 Å². The monoisotopic (exact) mass is 624 g/mol. The lowest BCUT2D eigenvalue weighted by Crippen LogP contribution is -2.36. The van der Waals surface area contributed by atoms with Crippen LogP contribution in [-0.4, -0.2) is 23.9 Å². The molecule has 3 aromatic carbocycles. The van der Waals surface area contributed by atoms with Gasteiger partial charge in [-0.15, -0.1) is 0 Å². The number of alkyl halides is 2. The molecule has 43 heavy (non-hydrogen) atoms. The molecule has 11 heteroatoms. The van der Waals surface area contributed by atoms with E-state index in [0.717, 1.165) is 5.56 Å². The number of halogens is 3. The standard InChI is InChI=1S/C32H31ClF2N4O3S/c1-20-29(21-7-4-3-5-8-21)30(20)31(40)39(19-28-36-15-16-38(28)2)23-11-12-26-25(18-23)27(13-14-32(26,34)35)37-43(41,42)24-10-6-9-22(33)17-24/h3-12,15-18,20,27,29-30,37H,13-14,19H2,1-2H3. The number of benzene rings is 3.